The first-order valence-electron chi connectivity index (χ1n) is 6.57. The number of nitriles is 1. The van der Waals surface area contributed by atoms with Gasteiger partial charge in [0, 0.05) is 6.20 Å². The molecule has 2 aromatic carbocycles. The van der Waals surface area contributed by atoms with Crippen molar-refractivity contribution in [3.63, 3.8) is 0 Å². The van der Waals surface area contributed by atoms with E-state index in [9.17, 15) is 5.11 Å². The van der Waals surface area contributed by atoms with Crippen LogP contribution >= 0.6 is 0 Å². The summed E-state index contributed by atoms with van der Waals surface area (Å²) in [5.74, 6) is 0. The molecule has 0 saturated carbocycles. The first kappa shape index (κ1) is 13.1. The SMILES string of the molecule is N#Cc1cccc(C(O)c2ccnn2-c2ccccc2)c1. The van der Waals surface area contributed by atoms with Crippen molar-refractivity contribution in [2.45, 2.75) is 6.10 Å². The van der Waals surface area contributed by atoms with Crippen LogP contribution in [0, 0.1) is 11.3 Å². The van der Waals surface area contributed by atoms with E-state index in [2.05, 4.69) is 11.2 Å². The van der Waals surface area contributed by atoms with Gasteiger partial charge in [0.1, 0.15) is 6.10 Å². The highest BCUT2D eigenvalue weighted by molar-refractivity contribution is 5.38. The Labute approximate surface area is 122 Å². The highest BCUT2D eigenvalue weighted by atomic mass is 16.3. The minimum absolute atomic E-state index is 0.525. The summed E-state index contributed by atoms with van der Waals surface area (Å²) in [6, 6.07) is 20.4. The van der Waals surface area contributed by atoms with E-state index in [1.807, 2.05) is 30.3 Å². The molecular weight excluding hydrogens is 262 g/mol. The predicted molar refractivity (Wildman–Crippen MR) is 78.8 cm³/mol. The molecule has 0 bridgehead atoms. The third kappa shape index (κ3) is 2.55. The standard InChI is InChI=1S/C17H13N3O/c18-12-13-5-4-6-14(11-13)17(21)16-9-10-19-20(16)15-7-2-1-3-8-15/h1-11,17,21H. The summed E-state index contributed by atoms with van der Waals surface area (Å²) in [5, 5.41) is 23.8. The minimum Gasteiger partial charge on any atom is -0.382 e. The van der Waals surface area contributed by atoms with E-state index in [1.165, 1.54) is 0 Å². The van der Waals surface area contributed by atoms with E-state index in [-0.39, 0.29) is 0 Å². The Morgan fingerprint density at radius 1 is 1.05 bits per heavy atom. The Hall–Kier alpha value is -2.90. The van der Waals surface area contributed by atoms with Crippen LogP contribution in [0.15, 0.2) is 66.9 Å². The molecule has 3 aromatic rings. The first-order valence-corrected chi connectivity index (χ1v) is 6.57. The lowest BCUT2D eigenvalue weighted by atomic mass is 10.0. The molecule has 0 amide bonds. The Bertz CT molecular complexity index is 787. The molecule has 0 spiro atoms. The van der Waals surface area contributed by atoms with Gasteiger partial charge in [0.05, 0.1) is 23.0 Å². The number of para-hydroxylation sites is 1. The zero-order valence-electron chi connectivity index (χ0n) is 11.2. The molecule has 4 nitrogen and oxygen atoms in total. The highest BCUT2D eigenvalue weighted by Crippen LogP contribution is 2.24. The van der Waals surface area contributed by atoms with Crippen molar-refractivity contribution in [2.24, 2.45) is 0 Å². The summed E-state index contributed by atoms with van der Waals surface area (Å²) in [6.45, 7) is 0. The number of hydrogen-bond donors (Lipinski definition) is 1. The van der Waals surface area contributed by atoms with Crippen molar-refractivity contribution in [3.05, 3.63) is 83.7 Å². The second kappa shape index (κ2) is 5.61. The van der Waals surface area contributed by atoms with E-state index in [0.717, 1.165) is 5.69 Å². The number of rotatable bonds is 3. The van der Waals surface area contributed by atoms with Crippen LogP contribution in [0.1, 0.15) is 22.9 Å². The number of aliphatic hydroxyl groups excluding tert-OH is 1. The Morgan fingerprint density at radius 3 is 2.62 bits per heavy atom. The van der Waals surface area contributed by atoms with Gasteiger partial charge in [-0.3, -0.25) is 0 Å². The summed E-state index contributed by atoms with van der Waals surface area (Å²) >= 11 is 0. The quantitative estimate of drug-likeness (QED) is 0.799. The van der Waals surface area contributed by atoms with Crippen molar-refractivity contribution < 1.29 is 5.11 Å². The van der Waals surface area contributed by atoms with Gasteiger partial charge in [-0.15, -0.1) is 0 Å². The Morgan fingerprint density at radius 2 is 1.86 bits per heavy atom. The average Bonchev–Trinajstić information content (AvgIpc) is 3.04. The lowest BCUT2D eigenvalue weighted by Crippen LogP contribution is -2.08. The third-order valence-corrected chi connectivity index (χ3v) is 3.28. The molecule has 0 aliphatic carbocycles. The summed E-state index contributed by atoms with van der Waals surface area (Å²) < 4.78 is 1.70. The molecule has 0 aliphatic heterocycles. The number of aliphatic hydroxyl groups is 1. The average molecular weight is 275 g/mol. The zero-order chi connectivity index (χ0) is 14.7. The van der Waals surface area contributed by atoms with Crippen molar-refractivity contribution in [1.29, 1.82) is 5.26 Å². The van der Waals surface area contributed by atoms with Gasteiger partial charge < -0.3 is 5.11 Å². The Balaban J connectivity index is 2.02. The number of hydrogen-bond acceptors (Lipinski definition) is 3. The fourth-order valence-corrected chi connectivity index (χ4v) is 2.25. The van der Waals surface area contributed by atoms with Crippen LogP contribution in [0.5, 0.6) is 0 Å². The molecule has 3 rings (SSSR count). The number of aromatic nitrogens is 2. The second-order valence-corrected chi connectivity index (χ2v) is 4.64. The summed E-state index contributed by atoms with van der Waals surface area (Å²) in [5.41, 5.74) is 2.74. The van der Waals surface area contributed by atoms with Crippen LogP contribution in [-0.2, 0) is 0 Å². The van der Waals surface area contributed by atoms with Gasteiger partial charge in [-0.1, -0.05) is 30.3 Å². The lowest BCUT2D eigenvalue weighted by molar-refractivity contribution is 0.212. The fourth-order valence-electron chi connectivity index (χ4n) is 2.25. The maximum Gasteiger partial charge on any atom is 0.121 e. The van der Waals surface area contributed by atoms with Gasteiger partial charge in [0.25, 0.3) is 0 Å². The maximum atomic E-state index is 10.6. The predicted octanol–water partition coefficient (Wildman–Crippen LogP) is 2.83. The van der Waals surface area contributed by atoms with E-state index in [4.69, 9.17) is 5.26 Å². The maximum absolute atomic E-state index is 10.6. The highest BCUT2D eigenvalue weighted by Gasteiger charge is 2.16. The molecule has 1 unspecified atom stereocenters. The van der Waals surface area contributed by atoms with Crippen LogP contribution in [-0.4, -0.2) is 14.9 Å². The van der Waals surface area contributed by atoms with E-state index < -0.39 is 6.10 Å². The van der Waals surface area contributed by atoms with E-state index >= 15 is 0 Å². The lowest BCUT2D eigenvalue weighted by Gasteiger charge is -2.14. The molecule has 0 aliphatic rings. The molecule has 1 N–H and O–H groups in total. The normalized spacial score (nSPS) is 11.8. The van der Waals surface area contributed by atoms with Crippen LogP contribution in [0.25, 0.3) is 5.69 Å². The molecule has 1 atom stereocenters. The van der Waals surface area contributed by atoms with Crippen LogP contribution in [0.3, 0.4) is 0 Å². The molecule has 1 heterocycles. The minimum atomic E-state index is -0.832. The molecule has 21 heavy (non-hydrogen) atoms. The Kier molecular flexibility index (Phi) is 3.50. The van der Waals surface area contributed by atoms with Crippen molar-refractivity contribution >= 4 is 0 Å². The molecule has 1 aromatic heterocycles. The molecule has 0 saturated heterocycles. The summed E-state index contributed by atoms with van der Waals surface area (Å²) in [4.78, 5) is 0. The number of nitrogens with zero attached hydrogens (tertiary/aromatic N) is 3. The van der Waals surface area contributed by atoms with Crippen molar-refractivity contribution in [2.75, 3.05) is 0 Å². The summed E-state index contributed by atoms with van der Waals surface area (Å²) in [6.07, 6.45) is 0.820. The molecule has 4 heteroatoms. The fraction of sp³-hybridized carbons (Fsp3) is 0.0588. The monoisotopic (exact) mass is 275 g/mol. The van der Waals surface area contributed by atoms with Gasteiger partial charge in [-0.25, -0.2) is 4.68 Å². The molecule has 0 fully saturated rings. The molecule has 0 radical (unpaired) electrons. The van der Waals surface area contributed by atoms with Crippen molar-refractivity contribution in [1.82, 2.24) is 9.78 Å². The van der Waals surface area contributed by atoms with Gasteiger partial charge in [-0.05, 0) is 35.9 Å². The van der Waals surface area contributed by atoms with Crippen LogP contribution < -0.4 is 0 Å². The smallest absolute Gasteiger partial charge is 0.121 e. The molecule has 102 valence electrons. The van der Waals surface area contributed by atoms with Crippen LogP contribution in [0.4, 0.5) is 0 Å². The zero-order valence-corrected chi connectivity index (χ0v) is 11.2. The molecular formula is C17H13N3O. The van der Waals surface area contributed by atoms with Gasteiger partial charge in [-0.2, -0.15) is 10.4 Å². The second-order valence-electron chi connectivity index (χ2n) is 4.64. The summed E-state index contributed by atoms with van der Waals surface area (Å²) in [7, 11) is 0. The van der Waals surface area contributed by atoms with Gasteiger partial charge in [0.2, 0.25) is 0 Å². The van der Waals surface area contributed by atoms with Gasteiger partial charge >= 0.3 is 0 Å². The van der Waals surface area contributed by atoms with Gasteiger partial charge in [0.15, 0.2) is 0 Å². The van der Waals surface area contributed by atoms with E-state index in [1.54, 1.807) is 41.2 Å². The third-order valence-electron chi connectivity index (χ3n) is 3.28. The number of benzene rings is 2. The largest absolute Gasteiger partial charge is 0.382 e. The first-order chi connectivity index (χ1) is 10.3. The van der Waals surface area contributed by atoms with Crippen molar-refractivity contribution in [3.8, 4) is 11.8 Å². The van der Waals surface area contributed by atoms with Crippen LogP contribution in [0.2, 0.25) is 0 Å². The van der Waals surface area contributed by atoms with E-state index in [0.29, 0.717) is 16.8 Å². The topological polar surface area (TPSA) is 61.8 Å².